The molecule has 0 aromatic heterocycles. The van der Waals surface area contributed by atoms with Gasteiger partial charge in [0.2, 0.25) is 0 Å². The van der Waals surface area contributed by atoms with Crippen LogP contribution in [0.1, 0.15) is 265 Å². The van der Waals surface area contributed by atoms with Crippen molar-refractivity contribution < 1.29 is 28.6 Å². The zero-order valence-corrected chi connectivity index (χ0v) is 41.6. The molecule has 0 saturated carbocycles. The van der Waals surface area contributed by atoms with Crippen LogP contribution in [0.2, 0.25) is 0 Å². The summed E-state index contributed by atoms with van der Waals surface area (Å²) >= 11 is 0. The van der Waals surface area contributed by atoms with Gasteiger partial charge in [0, 0.05) is 19.3 Å². The van der Waals surface area contributed by atoms with Crippen LogP contribution in [0, 0.1) is 0 Å². The highest BCUT2D eigenvalue weighted by molar-refractivity contribution is 5.71. The molecule has 1 unspecified atom stereocenters. The second-order valence-electron chi connectivity index (χ2n) is 17.8. The van der Waals surface area contributed by atoms with E-state index in [0.717, 1.165) is 64.2 Å². The monoisotopic (exact) mass is 881 g/mol. The average molecular weight is 881 g/mol. The van der Waals surface area contributed by atoms with Crippen LogP contribution in [0.4, 0.5) is 0 Å². The minimum atomic E-state index is -0.801. The van der Waals surface area contributed by atoms with Crippen molar-refractivity contribution in [1.82, 2.24) is 0 Å². The molecule has 1 atom stereocenters. The average Bonchev–Trinajstić information content (AvgIpc) is 3.28. The van der Waals surface area contributed by atoms with Gasteiger partial charge in [-0.05, 0) is 96.3 Å². The van der Waals surface area contributed by atoms with Crippen molar-refractivity contribution in [3.8, 4) is 0 Å². The molecule has 0 aromatic carbocycles. The Labute approximate surface area is 390 Å². The fraction of sp³-hybridized carbons (Fsp3) is 0.772. The molecule has 0 saturated heterocycles. The van der Waals surface area contributed by atoms with Crippen LogP contribution < -0.4 is 0 Å². The molecule has 0 amide bonds. The van der Waals surface area contributed by atoms with Crippen molar-refractivity contribution in [2.75, 3.05) is 13.2 Å². The molecular formula is C57H100O6. The first-order valence-electron chi connectivity index (χ1n) is 26.8. The molecule has 6 heteroatoms. The van der Waals surface area contributed by atoms with Gasteiger partial charge in [0.1, 0.15) is 13.2 Å². The van der Waals surface area contributed by atoms with E-state index in [2.05, 4.69) is 75.5 Å². The van der Waals surface area contributed by atoms with Crippen molar-refractivity contribution in [3.63, 3.8) is 0 Å². The zero-order valence-electron chi connectivity index (χ0n) is 41.6. The third-order valence-corrected chi connectivity index (χ3v) is 11.5. The number of allylic oxidation sites excluding steroid dienone is 10. The van der Waals surface area contributed by atoms with Gasteiger partial charge in [-0.15, -0.1) is 0 Å². The van der Waals surface area contributed by atoms with Crippen LogP contribution in [0.15, 0.2) is 60.8 Å². The molecule has 0 heterocycles. The van der Waals surface area contributed by atoms with Crippen molar-refractivity contribution in [2.45, 2.75) is 271 Å². The van der Waals surface area contributed by atoms with Gasteiger partial charge in [0.25, 0.3) is 0 Å². The summed E-state index contributed by atoms with van der Waals surface area (Å²) in [7, 11) is 0. The Balaban J connectivity index is 4.44. The molecule has 0 rings (SSSR count). The van der Waals surface area contributed by atoms with Gasteiger partial charge in [-0.25, -0.2) is 0 Å². The zero-order chi connectivity index (χ0) is 45.8. The highest BCUT2D eigenvalue weighted by atomic mass is 16.6. The lowest BCUT2D eigenvalue weighted by Gasteiger charge is -2.18. The van der Waals surface area contributed by atoms with Gasteiger partial charge in [-0.1, -0.05) is 210 Å². The minimum absolute atomic E-state index is 0.0967. The van der Waals surface area contributed by atoms with E-state index in [1.165, 1.54) is 154 Å². The maximum Gasteiger partial charge on any atom is 0.306 e. The smallest absolute Gasteiger partial charge is 0.306 e. The topological polar surface area (TPSA) is 78.9 Å². The maximum atomic E-state index is 12.8. The highest BCUT2D eigenvalue weighted by Gasteiger charge is 2.19. The number of rotatable bonds is 48. The van der Waals surface area contributed by atoms with Crippen molar-refractivity contribution in [3.05, 3.63) is 60.8 Å². The number of esters is 3. The summed E-state index contributed by atoms with van der Waals surface area (Å²) in [6, 6.07) is 0. The molecule has 0 aromatic rings. The Hall–Kier alpha value is -2.89. The lowest BCUT2D eigenvalue weighted by Crippen LogP contribution is -2.30. The Morgan fingerprint density at radius 2 is 0.603 bits per heavy atom. The van der Waals surface area contributed by atoms with Crippen molar-refractivity contribution >= 4 is 17.9 Å². The molecule has 0 radical (unpaired) electrons. The summed E-state index contributed by atoms with van der Waals surface area (Å²) in [6.07, 6.45) is 63.5. The predicted molar refractivity (Wildman–Crippen MR) is 270 cm³/mol. The Morgan fingerprint density at radius 1 is 0.317 bits per heavy atom. The van der Waals surface area contributed by atoms with E-state index in [4.69, 9.17) is 14.2 Å². The fourth-order valence-electron chi connectivity index (χ4n) is 7.40. The van der Waals surface area contributed by atoms with Crippen molar-refractivity contribution in [1.29, 1.82) is 0 Å². The van der Waals surface area contributed by atoms with E-state index in [-0.39, 0.29) is 37.5 Å². The summed E-state index contributed by atoms with van der Waals surface area (Å²) in [5, 5.41) is 0. The number of hydrogen-bond donors (Lipinski definition) is 0. The van der Waals surface area contributed by atoms with E-state index in [0.29, 0.717) is 19.3 Å². The van der Waals surface area contributed by atoms with Gasteiger partial charge in [-0.2, -0.15) is 0 Å². The standard InChI is InChI=1S/C57H100O6/c1-4-7-10-13-16-19-22-25-27-28-30-32-35-38-41-44-47-50-56(59)62-53-54(52-61-55(58)49-46-43-40-37-34-31-24-21-18-15-12-9-6-3)63-57(60)51-48-45-42-39-36-33-29-26-23-20-17-14-11-8-5-2/h16,19-20,23,25,27,31,34,40,43,54H,4-15,17-18,21-22,24,26,28-30,32-33,35-39,41-42,44-53H2,1-3H3/b19-16+,23-20+,27-25+,34-31+,43-40+. The predicted octanol–water partition coefficient (Wildman–Crippen LogP) is 17.6. The first kappa shape index (κ1) is 60.1. The van der Waals surface area contributed by atoms with Gasteiger partial charge in [0.05, 0.1) is 0 Å². The quantitative estimate of drug-likeness (QED) is 0.0262. The SMILES string of the molecule is CCCCC/C=C/C/C=C/CCCCCCCCCC(=O)OCC(COC(=O)CC/C=C/C/C=C/CCCCCCCC)OC(=O)CCCCCCCCC/C=C/CCCCCC. The summed E-state index contributed by atoms with van der Waals surface area (Å²) in [5.74, 6) is -0.974. The number of unbranched alkanes of at least 4 members (excludes halogenated alkanes) is 27. The molecule has 0 aliphatic heterocycles. The fourth-order valence-corrected chi connectivity index (χ4v) is 7.40. The van der Waals surface area contributed by atoms with Crippen LogP contribution in [-0.4, -0.2) is 37.2 Å². The van der Waals surface area contributed by atoms with Crippen LogP contribution >= 0.6 is 0 Å². The number of carbonyl (C=O) groups is 3. The Morgan fingerprint density at radius 3 is 1.03 bits per heavy atom. The Kier molecular flexibility index (Phi) is 49.4. The highest BCUT2D eigenvalue weighted by Crippen LogP contribution is 2.14. The normalized spacial score (nSPS) is 12.5. The summed E-state index contributed by atoms with van der Waals surface area (Å²) in [4.78, 5) is 38.0. The Bertz CT molecular complexity index is 1150. The summed E-state index contributed by atoms with van der Waals surface area (Å²) < 4.78 is 16.7. The van der Waals surface area contributed by atoms with E-state index in [9.17, 15) is 14.4 Å². The van der Waals surface area contributed by atoms with E-state index in [1.54, 1.807) is 0 Å². The summed E-state index contributed by atoms with van der Waals surface area (Å²) in [6.45, 7) is 6.54. The molecule has 0 aliphatic carbocycles. The number of hydrogen-bond acceptors (Lipinski definition) is 6. The molecule has 63 heavy (non-hydrogen) atoms. The maximum absolute atomic E-state index is 12.8. The molecule has 0 aliphatic rings. The first-order valence-corrected chi connectivity index (χ1v) is 26.8. The summed E-state index contributed by atoms with van der Waals surface area (Å²) in [5.41, 5.74) is 0. The second kappa shape index (κ2) is 51.7. The second-order valence-corrected chi connectivity index (χ2v) is 17.8. The van der Waals surface area contributed by atoms with Crippen LogP contribution in [0.5, 0.6) is 0 Å². The molecule has 6 nitrogen and oxygen atoms in total. The number of carbonyl (C=O) groups excluding carboxylic acids is 3. The molecule has 0 fully saturated rings. The molecule has 0 spiro atoms. The largest absolute Gasteiger partial charge is 0.462 e. The molecule has 364 valence electrons. The first-order chi connectivity index (χ1) is 31.0. The number of ether oxygens (including phenoxy) is 3. The van der Waals surface area contributed by atoms with E-state index < -0.39 is 6.10 Å². The lowest BCUT2D eigenvalue weighted by atomic mass is 10.1. The van der Waals surface area contributed by atoms with E-state index in [1.807, 2.05) is 6.08 Å². The van der Waals surface area contributed by atoms with Gasteiger partial charge >= 0.3 is 17.9 Å². The molecule has 0 bridgehead atoms. The van der Waals surface area contributed by atoms with Gasteiger partial charge < -0.3 is 14.2 Å². The van der Waals surface area contributed by atoms with Crippen LogP contribution in [0.25, 0.3) is 0 Å². The van der Waals surface area contributed by atoms with Crippen LogP contribution in [0.3, 0.4) is 0 Å². The van der Waals surface area contributed by atoms with Gasteiger partial charge in [-0.3, -0.25) is 14.4 Å². The molecular weight excluding hydrogens is 781 g/mol. The van der Waals surface area contributed by atoms with E-state index >= 15 is 0 Å². The van der Waals surface area contributed by atoms with Gasteiger partial charge in [0.15, 0.2) is 6.10 Å². The van der Waals surface area contributed by atoms with Crippen molar-refractivity contribution in [2.24, 2.45) is 0 Å². The lowest BCUT2D eigenvalue weighted by molar-refractivity contribution is -0.166. The third-order valence-electron chi connectivity index (χ3n) is 11.5. The van der Waals surface area contributed by atoms with Crippen LogP contribution in [-0.2, 0) is 28.6 Å². The minimum Gasteiger partial charge on any atom is -0.462 e. The molecule has 0 N–H and O–H groups in total. The third kappa shape index (κ3) is 50.0.